The third-order valence-electron chi connectivity index (χ3n) is 4.99. The third kappa shape index (κ3) is 5.98. The summed E-state index contributed by atoms with van der Waals surface area (Å²) < 4.78 is 42.9. The summed E-state index contributed by atoms with van der Waals surface area (Å²) in [5, 5.41) is 2.82. The molecule has 1 unspecified atom stereocenters. The second-order valence-electron chi connectivity index (χ2n) is 7.37. The monoisotopic (exact) mass is 419 g/mol. The highest BCUT2D eigenvalue weighted by atomic mass is 19.4. The Hall–Kier alpha value is -3.03. The highest BCUT2D eigenvalue weighted by Gasteiger charge is 2.28. The molecule has 3 rings (SSSR count). The normalized spacial score (nSPS) is 18.4. The maximum absolute atomic E-state index is 12.6. The molecule has 0 aliphatic carbocycles. The molecule has 2 heterocycles. The van der Waals surface area contributed by atoms with Crippen LogP contribution >= 0.6 is 0 Å². The number of nitrogens with one attached hydrogen (secondary N) is 1. The van der Waals surface area contributed by atoms with E-state index in [1.54, 1.807) is 35.2 Å². The van der Waals surface area contributed by atoms with E-state index in [1.807, 2.05) is 13.0 Å². The van der Waals surface area contributed by atoms with E-state index in [4.69, 9.17) is 4.74 Å². The molecule has 0 bridgehead atoms. The maximum Gasteiger partial charge on any atom is 0.393 e. The molecule has 1 N–H and O–H groups in total. The van der Waals surface area contributed by atoms with Crippen molar-refractivity contribution < 1.29 is 22.7 Å². The molecule has 0 radical (unpaired) electrons. The minimum atomic E-state index is -4.23. The van der Waals surface area contributed by atoms with Crippen molar-refractivity contribution in [2.75, 3.05) is 25.5 Å². The number of urea groups is 1. The van der Waals surface area contributed by atoms with E-state index in [0.717, 1.165) is 11.1 Å². The summed E-state index contributed by atoms with van der Waals surface area (Å²) in [5.74, 6) is 0.568. The van der Waals surface area contributed by atoms with Gasteiger partial charge in [-0.15, -0.1) is 0 Å². The van der Waals surface area contributed by atoms with Gasteiger partial charge in [-0.25, -0.2) is 9.78 Å². The minimum Gasteiger partial charge on any atom is -0.481 e. The quantitative estimate of drug-likeness (QED) is 0.746. The number of aromatic nitrogens is 1. The molecule has 160 valence electrons. The molecule has 2 amide bonds. The van der Waals surface area contributed by atoms with Gasteiger partial charge in [0, 0.05) is 19.2 Å². The highest BCUT2D eigenvalue weighted by molar-refractivity contribution is 5.89. The molecule has 1 fully saturated rings. The number of rotatable bonds is 4. The van der Waals surface area contributed by atoms with Gasteiger partial charge in [0.1, 0.15) is 0 Å². The number of benzene rings is 1. The molecule has 1 aromatic carbocycles. The predicted octanol–water partition coefficient (Wildman–Crippen LogP) is 5.15. The van der Waals surface area contributed by atoms with Gasteiger partial charge in [0.25, 0.3) is 0 Å². The molecule has 5 nitrogen and oxygen atoms in total. The van der Waals surface area contributed by atoms with Crippen LogP contribution in [0, 0.1) is 5.92 Å². The zero-order valence-corrected chi connectivity index (χ0v) is 16.9. The number of anilines is 1. The Balaban J connectivity index is 1.61. The number of halogens is 3. The van der Waals surface area contributed by atoms with Crippen LogP contribution in [0.5, 0.6) is 5.88 Å². The molecular formula is C22H24F3N3O2. The summed E-state index contributed by atoms with van der Waals surface area (Å²) in [5.41, 5.74) is 2.70. The van der Waals surface area contributed by atoms with Gasteiger partial charge in [-0.2, -0.15) is 13.2 Å². The van der Waals surface area contributed by atoms with E-state index in [9.17, 15) is 18.0 Å². The Labute approximate surface area is 173 Å². The van der Waals surface area contributed by atoms with Gasteiger partial charge in [-0.1, -0.05) is 42.8 Å². The molecule has 0 spiro atoms. The molecule has 1 aliphatic heterocycles. The fraction of sp³-hybridized carbons (Fsp3) is 0.364. The topological polar surface area (TPSA) is 54.5 Å². The van der Waals surface area contributed by atoms with Crippen LogP contribution < -0.4 is 10.1 Å². The van der Waals surface area contributed by atoms with Gasteiger partial charge in [0.2, 0.25) is 5.88 Å². The first-order valence-corrected chi connectivity index (χ1v) is 9.65. The number of methoxy groups -OCH3 is 1. The summed E-state index contributed by atoms with van der Waals surface area (Å²) in [6.07, 6.45) is -1.03. The van der Waals surface area contributed by atoms with Gasteiger partial charge in [-0.3, -0.25) is 0 Å². The third-order valence-corrected chi connectivity index (χ3v) is 4.99. The van der Waals surface area contributed by atoms with Crippen molar-refractivity contribution in [2.45, 2.75) is 25.9 Å². The van der Waals surface area contributed by atoms with Gasteiger partial charge >= 0.3 is 12.2 Å². The van der Waals surface area contributed by atoms with E-state index in [-0.39, 0.29) is 17.5 Å². The van der Waals surface area contributed by atoms with Crippen molar-refractivity contribution in [3.63, 3.8) is 0 Å². The second kappa shape index (κ2) is 9.19. The molecule has 1 atom stereocenters. The number of likely N-dealkylation sites (tertiary alicyclic amines) is 1. The zero-order chi connectivity index (χ0) is 21.7. The fourth-order valence-corrected chi connectivity index (χ4v) is 3.46. The van der Waals surface area contributed by atoms with Crippen LogP contribution in [-0.2, 0) is 6.42 Å². The second-order valence-corrected chi connectivity index (χ2v) is 7.37. The fourth-order valence-electron chi connectivity index (χ4n) is 3.46. The Morgan fingerprint density at radius 1 is 1.33 bits per heavy atom. The Kier molecular flexibility index (Phi) is 6.64. The van der Waals surface area contributed by atoms with E-state index in [1.165, 1.54) is 19.4 Å². The number of pyridine rings is 1. The summed E-state index contributed by atoms with van der Waals surface area (Å²) >= 11 is 0. The van der Waals surface area contributed by atoms with Gasteiger partial charge in [0.15, 0.2) is 0 Å². The summed E-state index contributed by atoms with van der Waals surface area (Å²) in [7, 11) is 1.52. The van der Waals surface area contributed by atoms with Crippen molar-refractivity contribution in [3.8, 4) is 5.88 Å². The number of ether oxygens (including phenoxy) is 1. The number of amides is 2. The Bertz CT molecular complexity index is 911. The SMILES string of the molecule is COc1ccc(NC(=O)N2CCC(=Cc3cccc(CC(F)(F)F)c3)C(C)C2)cn1. The van der Waals surface area contributed by atoms with E-state index < -0.39 is 12.6 Å². The van der Waals surface area contributed by atoms with E-state index >= 15 is 0 Å². The number of nitrogens with zero attached hydrogens (tertiary/aromatic N) is 2. The van der Waals surface area contributed by atoms with Gasteiger partial charge in [0.05, 0.1) is 25.4 Å². The van der Waals surface area contributed by atoms with Gasteiger partial charge in [-0.05, 0) is 29.5 Å². The van der Waals surface area contributed by atoms with Crippen LogP contribution in [0.1, 0.15) is 24.5 Å². The molecule has 1 saturated heterocycles. The lowest BCUT2D eigenvalue weighted by Gasteiger charge is -2.33. The number of carbonyl (C=O) groups excluding carboxylic acids is 1. The van der Waals surface area contributed by atoms with Crippen molar-refractivity contribution in [1.29, 1.82) is 0 Å². The number of hydrogen-bond donors (Lipinski definition) is 1. The zero-order valence-electron chi connectivity index (χ0n) is 16.9. The average molecular weight is 419 g/mol. The van der Waals surface area contributed by atoms with Crippen molar-refractivity contribution in [1.82, 2.24) is 9.88 Å². The van der Waals surface area contributed by atoms with Crippen LogP contribution in [0.2, 0.25) is 0 Å². The molecule has 1 aliphatic rings. The first-order chi connectivity index (χ1) is 14.2. The molecule has 2 aromatic rings. The van der Waals surface area contributed by atoms with E-state index in [0.29, 0.717) is 31.1 Å². The Morgan fingerprint density at radius 2 is 2.13 bits per heavy atom. The first-order valence-electron chi connectivity index (χ1n) is 9.65. The largest absolute Gasteiger partial charge is 0.481 e. The first kappa shape index (κ1) is 21.7. The van der Waals surface area contributed by atoms with Crippen molar-refractivity contribution in [3.05, 3.63) is 59.3 Å². The van der Waals surface area contributed by atoms with Gasteiger partial charge < -0.3 is 15.0 Å². The Morgan fingerprint density at radius 3 is 2.77 bits per heavy atom. The van der Waals surface area contributed by atoms with Crippen LogP contribution in [0.25, 0.3) is 6.08 Å². The lowest BCUT2D eigenvalue weighted by atomic mass is 9.91. The van der Waals surface area contributed by atoms with Crippen LogP contribution in [0.15, 0.2) is 48.2 Å². The number of hydrogen-bond acceptors (Lipinski definition) is 3. The van der Waals surface area contributed by atoms with Crippen LogP contribution in [-0.4, -0.2) is 42.3 Å². The van der Waals surface area contributed by atoms with Crippen molar-refractivity contribution in [2.24, 2.45) is 5.92 Å². The number of alkyl halides is 3. The van der Waals surface area contributed by atoms with Crippen LogP contribution in [0.3, 0.4) is 0 Å². The lowest BCUT2D eigenvalue weighted by molar-refractivity contribution is -0.127. The minimum absolute atomic E-state index is 0.102. The smallest absolute Gasteiger partial charge is 0.393 e. The standard InChI is InChI=1S/C22H24F3N3O2/c1-15-14-28(21(29)27-19-6-7-20(30-2)26-13-19)9-8-18(15)11-16-4-3-5-17(10-16)12-22(23,24)25/h3-7,10-11,13,15H,8-9,12,14H2,1-2H3,(H,27,29). The maximum atomic E-state index is 12.6. The molecule has 0 saturated carbocycles. The number of carbonyl (C=O) groups is 1. The molecular weight excluding hydrogens is 395 g/mol. The average Bonchev–Trinajstić information content (AvgIpc) is 2.69. The van der Waals surface area contributed by atoms with Crippen LogP contribution in [0.4, 0.5) is 23.7 Å². The molecule has 1 aromatic heterocycles. The molecule has 8 heteroatoms. The summed E-state index contributed by atoms with van der Waals surface area (Å²) in [4.78, 5) is 18.3. The summed E-state index contributed by atoms with van der Waals surface area (Å²) in [6, 6.07) is 9.68. The highest BCUT2D eigenvalue weighted by Crippen LogP contribution is 2.27. The number of piperidine rings is 1. The van der Waals surface area contributed by atoms with E-state index in [2.05, 4.69) is 10.3 Å². The lowest BCUT2D eigenvalue weighted by Crippen LogP contribution is -2.42. The molecule has 30 heavy (non-hydrogen) atoms. The summed E-state index contributed by atoms with van der Waals surface area (Å²) in [6.45, 7) is 3.08. The van der Waals surface area contributed by atoms with Crippen molar-refractivity contribution >= 4 is 17.8 Å². The predicted molar refractivity (Wildman–Crippen MR) is 109 cm³/mol.